The molecule has 0 bridgehead atoms. The molecular formula is C16H22O2. The van der Waals surface area contributed by atoms with E-state index in [9.17, 15) is 5.11 Å². The van der Waals surface area contributed by atoms with Crippen LogP contribution in [-0.2, 0) is 11.2 Å². The minimum Gasteiger partial charge on any atom is -0.390 e. The Balaban J connectivity index is 1.90. The lowest BCUT2D eigenvalue weighted by Gasteiger charge is -2.31. The molecule has 1 aromatic carbocycles. The van der Waals surface area contributed by atoms with Crippen LogP contribution in [0.25, 0.3) is 0 Å². The van der Waals surface area contributed by atoms with Gasteiger partial charge in [-0.3, -0.25) is 0 Å². The highest BCUT2D eigenvalue weighted by atomic mass is 16.5. The van der Waals surface area contributed by atoms with Crippen LogP contribution in [0.2, 0.25) is 0 Å². The van der Waals surface area contributed by atoms with Gasteiger partial charge in [0, 0.05) is 6.42 Å². The summed E-state index contributed by atoms with van der Waals surface area (Å²) < 4.78 is 5.92. The molecule has 1 aliphatic heterocycles. The molecule has 2 rings (SSSR count). The third-order valence-electron chi connectivity index (χ3n) is 3.45. The molecule has 0 saturated carbocycles. The molecule has 0 amide bonds. The monoisotopic (exact) mass is 246 g/mol. The summed E-state index contributed by atoms with van der Waals surface area (Å²) >= 11 is 0. The lowest BCUT2D eigenvalue weighted by molar-refractivity contribution is -0.0879. The molecule has 2 heteroatoms. The van der Waals surface area contributed by atoms with Gasteiger partial charge in [-0.05, 0) is 31.7 Å². The van der Waals surface area contributed by atoms with Crippen molar-refractivity contribution in [3.05, 3.63) is 48.0 Å². The summed E-state index contributed by atoms with van der Waals surface area (Å²) in [5.74, 6) is 0. The zero-order valence-corrected chi connectivity index (χ0v) is 11.0. The molecule has 98 valence electrons. The first-order valence-corrected chi connectivity index (χ1v) is 6.80. The van der Waals surface area contributed by atoms with Gasteiger partial charge >= 0.3 is 0 Å². The van der Waals surface area contributed by atoms with Crippen molar-refractivity contribution >= 4 is 0 Å². The summed E-state index contributed by atoms with van der Waals surface area (Å²) in [4.78, 5) is 0. The standard InChI is InChI=1S/C16H22O2/c1-2-7-14-10-6-11-16(18-14)15(17)12-13-8-4-3-5-9-13/h2-5,7-9,14-17H,6,10-12H2,1H3/b7-2+. The molecule has 1 aliphatic rings. The number of hydrogen-bond acceptors (Lipinski definition) is 2. The fraction of sp³-hybridized carbons (Fsp3) is 0.500. The number of ether oxygens (including phenoxy) is 1. The van der Waals surface area contributed by atoms with Gasteiger partial charge in [-0.25, -0.2) is 0 Å². The van der Waals surface area contributed by atoms with Gasteiger partial charge < -0.3 is 9.84 Å². The van der Waals surface area contributed by atoms with Gasteiger partial charge in [-0.1, -0.05) is 42.5 Å². The van der Waals surface area contributed by atoms with Crippen molar-refractivity contribution in [2.24, 2.45) is 0 Å². The van der Waals surface area contributed by atoms with Crippen LogP contribution >= 0.6 is 0 Å². The van der Waals surface area contributed by atoms with Crippen molar-refractivity contribution in [1.82, 2.24) is 0 Å². The van der Waals surface area contributed by atoms with Gasteiger partial charge in [-0.15, -0.1) is 0 Å². The Kier molecular flexibility index (Phi) is 4.97. The van der Waals surface area contributed by atoms with E-state index < -0.39 is 6.10 Å². The van der Waals surface area contributed by atoms with Gasteiger partial charge in [-0.2, -0.15) is 0 Å². The summed E-state index contributed by atoms with van der Waals surface area (Å²) in [5.41, 5.74) is 1.17. The molecule has 1 N–H and O–H groups in total. The van der Waals surface area contributed by atoms with Crippen LogP contribution in [0.3, 0.4) is 0 Å². The fourth-order valence-corrected chi connectivity index (χ4v) is 2.51. The summed E-state index contributed by atoms with van der Waals surface area (Å²) in [6.07, 6.45) is 7.69. The highest BCUT2D eigenvalue weighted by Crippen LogP contribution is 2.23. The van der Waals surface area contributed by atoms with Crippen LogP contribution in [0.4, 0.5) is 0 Å². The number of aliphatic hydroxyl groups is 1. The van der Waals surface area contributed by atoms with E-state index in [1.165, 1.54) is 5.56 Å². The molecule has 2 nitrogen and oxygen atoms in total. The third kappa shape index (κ3) is 3.69. The first-order chi connectivity index (χ1) is 8.79. The van der Waals surface area contributed by atoms with E-state index in [1.54, 1.807) is 0 Å². The lowest BCUT2D eigenvalue weighted by Crippen LogP contribution is -2.37. The number of allylic oxidation sites excluding steroid dienone is 1. The van der Waals surface area contributed by atoms with Gasteiger partial charge in [0.05, 0.1) is 18.3 Å². The highest BCUT2D eigenvalue weighted by Gasteiger charge is 2.26. The second-order valence-electron chi connectivity index (χ2n) is 4.93. The van der Waals surface area contributed by atoms with E-state index in [-0.39, 0.29) is 12.2 Å². The second-order valence-corrected chi connectivity index (χ2v) is 4.93. The quantitative estimate of drug-likeness (QED) is 0.827. The summed E-state index contributed by atoms with van der Waals surface area (Å²) in [6, 6.07) is 10.1. The number of aliphatic hydroxyl groups excluding tert-OH is 1. The third-order valence-corrected chi connectivity index (χ3v) is 3.45. The minimum atomic E-state index is -0.402. The van der Waals surface area contributed by atoms with Crippen LogP contribution in [0.5, 0.6) is 0 Å². The van der Waals surface area contributed by atoms with Gasteiger partial charge in [0.25, 0.3) is 0 Å². The normalized spacial score (nSPS) is 26.3. The van der Waals surface area contributed by atoms with E-state index in [4.69, 9.17) is 4.74 Å². The SMILES string of the molecule is C/C=C/C1CCCC(C(O)Cc2ccccc2)O1. The number of rotatable bonds is 4. The molecule has 1 fully saturated rings. The average Bonchev–Trinajstić information content (AvgIpc) is 2.40. The van der Waals surface area contributed by atoms with Crippen molar-refractivity contribution < 1.29 is 9.84 Å². The van der Waals surface area contributed by atoms with Crippen LogP contribution in [0.15, 0.2) is 42.5 Å². The minimum absolute atomic E-state index is 0.0276. The van der Waals surface area contributed by atoms with Crippen LogP contribution < -0.4 is 0 Å². The van der Waals surface area contributed by atoms with E-state index in [2.05, 4.69) is 18.2 Å². The fourth-order valence-electron chi connectivity index (χ4n) is 2.51. The molecule has 0 spiro atoms. The maximum atomic E-state index is 10.3. The summed E-state index contributed by atoms with van der Waals surface area (Å²) in [5, 5.41) is 10.3. The van der Waals surface area contributed by atoms with E-state index in [0.29, 0.717) is 6.42 Å². The first kappa shape index (κ1) is 13.3. The molecular weight excluding hydrogens is 224 g/mol. The zero-order chi connectivity index (χ0) is 12.8. The summed E-state index contributed by atoms with van der Waals surface area (Å²) in [7, 11) is 0. The molecule has 1 saturated heterocycles. The van der Waals surface area contributed by atoms with Crippen molar-refractivity contribution in [1.29, 1.82) is 0 Å². The molecule has 3 atom stereocenters. The maximum absolute atomic E-state index is 10.3. The zero-order valence-electron chi connectivity index (χ0n) is 11.0. The summed E-state index contributed by atoms with van der Waals surface area (Å²) in [6.45, 7) is 2.01. The van der Waals surface area contributed by atoms with Crippen molar-refractivity contribution in [3.8, 4) is 0 Å². The van der Waals surface area contributed by atoms with E-state index in [0.717, 1.165) is 19.3 Å². The second kappa shape index (κ2) is 6.72. The first-order valence-electron chi connectivity index (χ1n) is 6.80. The topological polar surface area (TPSA) is 29.5 Å². The molecule has 1 aromatic rings. The largest absolute Gasteiger partial charge is 0.390 e. The number of benzene rings is 1. The Morgan fingerprint density at radius 3 is 2.83 bits per heavy atom. The molecule has 18 heavy (non-hydrogen) atoms. The Hall–Kier alpha value is -1.12. The average molecular weight is 246 g/mol. The van der Waals surface area contributed by atoms with Crippen molar-refractivity contribution in [2.75, 3.05) is 0 Å². The highest BCUT2D eigenvalue weighted by molar-refractivity contribution is 5.15. The van der Waals surface area contributed by atoms with Gasteiger partial charge in [0.1, 0.15) is 0 Å². The molecule has 1 heterocycles. The van der Waals surface area contributed by atoms with Crippen LogP contribution in [-0.4, -0.2) is 23.4 Å². The molecule has 0 aromatic heterocycles. The van der Waals surface area contributed by atoms with Crippen molar-refractivity contribution in [2.45, 2.75) is 50.9 Å². The predicted molar refractivity (Wildman–Crippen MR) is 73.5 cm³/mol. The van der Waals surface area contributed by atoms with Crippen LogP contribution in [0.1, 0.15) is 31.7 Å². The maximum Gasteiger partial charge on any atom is 0.0845 e. The van der Waals surface area contributed by atoms with Gasteiger partial charge in [0.15, 0.2) is 0 Å². The lowest BCUT2D eigenvalue weighted by atomic mass is 9.96. The smallest absolute Gasteiger partial charge is 0.0845 e. The predicted octanol–water partition coefficient (Wildman–Crippen LogP) is 3.10. The Bertz CT molecular complexity index is 372. The molecule has 0 radical (unpaired) electrons. The van der Waals surface area contributed by atoms with E-state index >= 15 is 0 Å². The van der Waals surface area contributed by atoms with Crippen molar-refractivity contribution in [3.63, 3.8) is 0 Å². The van der Waals surface area contributed by atoms with E-state index in [1.807, 2.05) is 31.2 Å². The Morgan fingerprint density at radius 1 is 1.33 bits per heavy atom. The molecule has 3 unspecified atom stereocenters. The number of hydrogen-bond donors (Lipinski definition) is 1. The van der Waals surface area contributed by atoms with Gasteiger partial charge in [0.2, 0.25) is 0 Å². The molecule has 0 aliphatic carbocycles. The Labute approximate surface area is 109 Å². The Morgan fingerprint density at radius 2 is 2.11 bits per heavy atom. The van der Waals surface area contributed by atoms with Crippen LogP contribution in [0, 0.1) is 0 Å².